The Labute approximate surface area is 410 Å². The van der Waals surface area contributed by atoms with E-state index in [-0.39, 0.29) is 35.5 Å². The molecule has 27 heteroatoms. The molecule has 0 atom stereocenters. The number of hydrogen-bond acceptors (Lipinski definition) is 19. The number of likely N-dealkylation sites (N-methyl/N-ethyl adjacent to an activating group) is 1. The van der Waals surface area contributed by atoms with Crippen molar-refractivity contribution in [2.24, 2.45) is 0 Å². The molecule has 0 aliphatic heterocycles. The number of amides is 1. The highest BCUT2D eigenvalue weighted by Crippen LogP contribution is 2.36. The highest BCUT2D eigenvalue weighted by atomic mass is 79.9. The SMILES string of the molecule is CNCC(=O)Nc1cnc(NCCNc2ccc([N+](=O)[O-])c(N)n2)nc1-c1ccc(Cl)cc1Cl.Cc1c[nH]c(-c2cnc(NCCNc3ccc([N+](=O)[O-])c(N)n3)nc2-c2ccc(Br)cc2Cl)n1. The van der Waals surface area contributed by atoms with E-state index in [1.165, 1.54) is 30.5 Å². The maximum atomic E-state index is 12.1. The van der Waals surface area contributed by atoms with Crippen molar-refractivity contribution in [2.75, 3.05) is 77.8 Å². The molecule has 0 unspecified atom stereocenters. The number of H-pyrrole nitrogens is 1. The van der Waals surface area contributed by atoms with Crippen LogP contribution in [0.2, 0.25) is 15.1 Å². The van der Waals surface area contributed by atoms with Gasteiger partial charge in [-0.25, -0.2) is 34.9 Å². The van der Waals surface area contributed by atoms with E-state index in [2.05, 4.69) is 87.7 Å². The van der Waals surface area contributed by atoms with Crippen LogP contribution in [0.25, 0.3) is 33.9 Å². The largest absolute Gasteiger partial charge is 0.378 e. The molecule has 5 heterocycles. The van der Waals surface area contributed by atoms with Crippen LogP contribution < -0.4 is 43.4 Å². The minimum absolute atomic E-state index is 0.112. The van der Waals surface area contributed by atoms with E-state index < -0.39 is 9.85 Å². The van der Waals surface area contributed by atoms with Crippen molar-refractivity contribution in [1.29, 1.82) is 0 Å². The lowest BCUT2D eigenvalue weighted by molar-refractivity contribution is -0.384. The molecule has 0 saturated carbocycles. The fourth-order valence-electron chi connectivity index (χ4n) is 6.05. The van der Waals surface area contributed by atoms with E-state index in [0.717, 1.165) is 15.7 Å². The summed E-state index contributed by atoms with van der Waals surface area (Å²) in [5.41, 5.74) is 15.0. The molecule has 23 nitrogen and oxygen atoms in total. The van der Waals surface area contributed by atoms with E-state index in [0.29, 0.717) is 98.8 Å². The van der Waals surface area contributed by atoms with Crippen LogP contribution in [0.15, 0.2) is 83.7 Å². The Morgan fingerprint density at radius 1 is 0.706 bits per heavy atom. The number of aromatic amines is 1. The van der Waals surface area contributed by atoms with Crippen molar-refractivity contribution in [2.45, 2.75) is 6.92 Å². The van der Waals surface area contributed by atoms with Crippen LogP contribution in [0.1, 0.15) is 5.69 Å². The third kappa shape index (κ3) is 13.3. The molecule has 0 aliphatic rings. The third-order valence-corrected chi connectivity index (χ3v) is 10.5. The summed E-state index contributed by atoms with van der Waals surface area (Å²) in [6.45, 7) is 3.68. The second-order valence-electron chi connectivity index (χ2n) is 14.1. The van der Waals surface area contributed by atoms with E-state index in [9.17, 15) is 25.0 Å². The lowest BCUT2D eigenvalue weighted by atomic mass is 10.1. The Bertz CT molecular complexity index is 2970. The summed E-state index contributed by atoms with van der Waals surface area (Å²) in [5, 5.41) is 40.9. The molecule has 1 amide bonds. The van der Waals surface area contributed by atoms with Gasteiger partial charge >= 0.3 is 11.4 Å². The van der Waals surface area contributed by atoms with Gasteiger partial charge in [-0.15, -0.1) is 0 Å². The minimum atomic E-state index is -0.597. The van der Waals surface area contributed by atoms with Crippen molar-refractivity contribution in [3.8, 4) is 33.9 Å². The summed E-state index contributed by atoms with van der Waals surface area (Å²) < 4.78 is 0.857. The molecule has 352 valence electrons. The molecule has 0 fully saturated rings. The third-order valence-electron chi connectivity index (χ3n) is 9.15. The number of rotatable bonds is 18. The van der Waals surface area contributed by atoms with Crippen LogP contribution in [-0.2, 0) is 4.79 Å². The molecule has 7 aromatic rings. The normalized spacial score (nSPS) is 10.7. The van der Waals surface area contributed by atoms with E-state index in [4.69, 9.17) is 46.3 Å². The van der Waals surface area contributed by atoms with Crippen LogP contribution in [0.4, 0.5) is 52.2 Å². The van der Waals surface area contributed by atoms with E-state index >= 15 is 0 Å². The number of imidazole rings is 1. The molecule has 0 aliphatic carbocycles. The van der Waals surface area contributed by atoms with Crippen molar-refractivity contribution in [1.82, 2.24) is 45.2 Å². The predicted molar refractivity (Wildman–Crippen MR) is 267 cm³/mol. The maximum Gasteiger partial charge on any atom is 0.311 e. The first-order valence-electron chi connectivity index (χ1n) is 20.0. The number of halogens is 4. The van der Waals surface area contributed by atoms with Crippen LogP contribution in [0.5, 0.6) is 0 Å². The first kappa shape index (κ1) is 49.9. The minimum Gasteiger partial charge on any atom is -0.378 e. The smallest absolute Gasteiger partial charge is 0.311 e. The summed E-state index contributed by atoms with van der Waals surface area (Å²) in [6, 6.07) is 16.1. The fourth-order valence-corrected chi connectivity index (χ4v) is 7.31. The zero-order chi connectivity index (χ0) is 48.9. The molecule has 0 bridgehead atoms. The van der Waals surface area contributed by atoms with Gasteiger partial charge in [0.25, 0.3) is 0 Å². The van der Waals surface area contributed by atoms with Crippen molar-refractivity contribution >= 4 is 109 Å². The highest BCUT2D eigenvalue weighted by molar-refractivity contribution is 9.10. The van der Waals surface area contributed by atoms with Crippen molar-refractivity contribution < 1.29 is 14.6 Å². The zero-order valence-electron chi connectivity index (χ0n) is 35.8. The second kappa shape index (κ2) is 23.3. The van der Waals surface area contributed by atoms with E-state index in [1.54, 1.807) is 43.7 Å². The maximum absolute atomic E-state index is 12.1. The summed E-state index contributed by atoms with van der Waals surface area (Å²) in [7, 11) is 1.66. The highest BCUT2D eigenvalue weighted by Gasteiger charge is 2.19. The van der Waals surface area contributed by atoms with Gasteiger partial charge in [-0.2, -0.15) is 0 Å². The van der Waals surface area contributed by atoms with E-state index in [1.807, 2.05) is 19.1 Å². The summed E-state index contributed by atoms with van der Waals surface area (Å²) in [6.07, 6.45) is 4.97. The number of nitrogens with zero attached hydrogens (tertiary/aromatic N) is 9. The fraction of sp³-hybridized carbons (Fsp3) is 0.171. The Balaban J connectivity index is 0.000000224. The molecular weight excluding hydrogens is 1010 g/mol. The zero-order valence-corrected chi connectivity index (χ0v) is 39.6. The first-order valence-corrected chi connectivity index (χ1v) is 21.9. The van der Waals surface area contributed by atoms with Gasteiger partial charge in [0.05, 0.1) is 55.3 Å². The van der Waals surface area contributed by atoms with Gasteiger partial charge in [-0.1, -0.05) is 56.8 Å². The molecule has 0 radical (unpaired) electrons. The average Bonchev–Trinajstić information content (AvgIpc) is 3.73. The predicted octanol–water partition coefficient (Wildman–Crippen LogP) is 7.69. The lowest BCUT2D eigenvalue weighted by Crippen LogP contribution is -2.25. The Morgan fingerprint density at radius 2 is 1.25 bits per heavy atom. The summed E-state index contributed by atoms with van der Waals surface area (Å²) in [5.74, 6) is 1.57. The number of benzene rings is 2. The van der Waals surface area contributed by atoms with Gasteiger partial charge < -0.3 is 48.4 Å². The van der Waals surface area contributed by atoms with Crippen LogP contribution in [0, 0.1) is 27.2 Å². The van der Waals surface area contributed by atoms with Gasteiger partial charge in [0, 0.05) is 71.3 Å². The topological polar surface area (TPSA) is 334 Å². The van der Waals surface area contributed by atoms with Gasteiger partial charge in [0.2, 0.25) is 29.4 Å². The molecular formula is C41H40BrCl3N18O5. The number of anilines is 7. The van der Waals surface area contributed by atoms with Gasteiger partial charge in [-0.3, -0.25) is 25.0 Å². The molecule has 2 aromatic carbocycles. The standard InChI is InChI=1S/C21H19BrClN9O2.C20H21Cl2N9O3/c1-11-9-27-20(29-11)14-10-28-21(31-18(14)13-3-2-12(22)8-15(13)23)26-7-6-25-17-5-4-16(32(33)34)19(24)30-17;1-24-10-17(32)28-14-9-27-20(30-18(14)12-3-2-11(21)8-13(12)22)26-7-6-25-16-5-4-15(31(33)34)19(23)29-16/h2-5,8-10H,6-7H2,1H3,(H,27,29)(H3,24,25,30)(H,26,28,31);2-5,8-9,24H,6-7,10H2,1H3,(H,28,32)(H3,23,25,29)(H,26,27,30). The number of nitrogen functional groups attached to an aromatic ring is 2. The lowest BCUT2D eigenvalue weighted by Gasteiger charge is -2.14. The quantitative estimate of drug-likeness (QED) is 0.0226. The van der Waals surface area contributed by atoms with Crippen LogP contribution in [-0.4, -0.2) is 95.4 Å². The molecule has 7 rings (SSSR count). The Kier molecular flexibility index (Phi) is 17.1. The summed E-state index contributed by atoms with van der Waals surface area (Å²) >= 11 is 22.3. The number of carbonyl (C=O) groups excluding carboxylic acids is 1. The Hall–Kier alpha value is -7.51. The number of hydrogen-bond donors (Lipinski definition) is 9. The molecule has 11 N–H and O–H groups in total. The number of nitro groups is 2. The number of pyridine rings is 2. The molecule has 5 aromatic heterocycles. The second-order valence-corrected chi connectivity index (χ2v) is 16.2. The van der Waals surface area contributed by atoms with Gasteiger partial charge in [0.15, 0.2) is 0 Å². The number of carbonyl (C=O) groups is 1. The first-order chi connectivity index (χ1) is 32.6. The van der Waals surface area contributed by atoms with Crippen LogP contribution >= 0.6 is 50.7 Å². The number of nitrogens with two attached hydrogens (primary N) is 2. The number of aryl methyl sites for hydroxylation is 1. The average molecular weight is 1050 g/mol. The van der Waals surface area contributed by atoms with Crippen molar-refractivity contribution in [3.63, 3.8) is 0 Å². The van der Waals surface area contributed by atoms with Gasteiger partial charge in [-0.05, 0) is 56.4 Å². The monoisotopic (exact) mass is 1050 g/mol. The molecule has 0 saturated heterocycles. The number of aromatic nitrogens is 8. The Morgan fingerprint density at radius 3 is 1.78 bits per heavy atom. The molecule has 68 heavy (non-hydrogen) atoms. The number of nitrogens with one attached hydrogen (secondary N) is 7. The van der Waals surface area contributed by atoms with Crippen molar-refractivity contribution in [3.05, 3.63) is 125 Å². The van der Waals surface area contributed by atoms with Gasteiger partial charge in [0.1, 0.15) is 23.2 Å². The molecule has 0 spiro atoms. The van der Waals surface area contributed by atoms with Crippen LogP contribution in [0.3, 0.4) is 0 Å². The summed E-state index contributed by atoms with van der Waals surface area (Å²) in [4.78, 5) is 66.1.